The minimum Gasteiger partial charge on any atom is -0.466 e. The molecule has 0 heterocycles. The number of hydrogen-bond donors (Lipinski definition) is 0. The fraction of sp³-hybridized carbons (Fsp3) is 0.927. The van der Waals surface area contributed by atoms with Crippen LogP contribution < -0.4 is 0 Å². The average Bonchev–Trinajstić information content (AvgIpc) is 2.99. The van der Waals surface area contributed by atoms with Gasteiger partial charge in [-0.15, -0.1) is 0 Å². The molecule has 0 aromatic carbocycles. The molecule has 0 fully saturated rings. The number of allylic oxidation sites excluding steroid dienone is 2. The Bertz CT molecular complexity index is 552. The molecule has 0 unspecified atom stereocenters. The Morgan fingerprint density at radius 3 is 1.23 bits per heavy atom. The normalized spacial score (nSPS) is 11.7. The highest BCUT2D eigenvalue weighted by Crippen LogP contribution is 2.16. The highest BCUT2D eigenvalue weighted by atomic mass is 16.5. The molecule has 0 amide bonds. The topological polar surface area (TPSA) is 26.3 Å². The molecule has 0 saturated carbocycles. The van der Waals surface area contributed by atoms with Crippen LogP contribution in [0.4, 0.5) is 0 Å². The lowest BCUT2D eigenvalue weighted by atomic mass is 10.0. The van der Waals surface area contributed by atoms with Crippen LogP contribution in [0.5, 0.6) is 0 Å². The van der Waals surface area contributed by atoms with Gasteiger partial charge in [0.15, 0.2) is 0 Å². The Hall–Kier alpha value is -0.790. The van der Waals surface area contributed by atoms with E-state index in [1.807, 2.05) is 0 Å². The summed E-state index contributed by atoms with van der Waals surface area (Å²) in [6.07, 6.45) is 48.7. The minimum absolute atomic E-state index is 0.0164. The molecule has 0 atom stereocenters. The second kappa shape index (κ2) is 37.4. The van der Waals surface area contributed by atoms with Gasteiger partial charge in [-0.05, 0) is 38.0 Å². The summed E-state index contributed by atoms with van der Waals surface area (Å²) in [7, 11) is 0. The van der Waals surface area contributed by atoms with E-state index < -0.39 is 0 Å². The lowest BCUT2D eigenvalue weighted by Crippen LogP contribution is -2.05. The van der Waals surface area contributed by atoms with Gasteiger partial charge < -0.3 is 4.74 Å². The number of carbonyl (C=O) groups excluding carboxylic acids is 1. The van der Waals surface area contributed by atoms with E-state index in [2.05, 4.69) is 32.9 Å². The van der Waals surface area contributed by atoms with Crippen LogP contribution in [0.2, 0.25) is 0 Å². The van der Waals surface area contributed by atoms with Gasteiger partial charge in [-0.3, -0.25) is 4.79 Å². The monoisotopic (exact) mass is 605 g/mol. The maximum Gasteiger partial charge on any atom is 0.305 e. The van der Waals surface area contributed by atoms with Crippen LogP contribution in [-0.4, -0.2) is 12.6 Å². The standard InChI is InChI=1S/C41H80O2/c1-4-5-6-7-8-9-22-26-29-32-35-38-41(42)43-39-36-33-30-27-24-21-19-17-15-13-11-10-12-14-16-18-20-23-25-28-31-34-37-40(2)3/h7-8,40H,4-6,9-39H2,1-3H3. The highest BCUT2D eigenvalue weighted by molar-refractivity contribution is 5.69. The summed E-state index contributed by atoms with van der Waals surface area (Å²) < 4.78 is 5.44. The Balaban J connectivity index is 3.14. The van der Waals surface area contributed by atoms with Crippen molar-refractivity contribution in [3.8, 4) is 0 Å². The highest BCUT2D eigenvalue weighted by Gasteiger charge is 2.03. The molecule has 0 rings (SSSR count). The lowest BCUT2D eigenvalue weighted by Gasteiger charge is -2.06. The van der Waals surface area contributed by atoms with E-state index in [9.17, 15) is 4.79 Å². The van der Waals surface area contributed by atoms with Crippen LogP contribution in [0.1, 0.15) is 233 Å². The quantitative estimate of drug-likeness (QED) is 0.0404. The lowest BCUT2D eigenvalue weighted by molar-refractivity contribution is -0.143. The van der Waals surface area contributed by atoms with Crippen molar-refractivity contribution in [2.75, 3.05) is 6.61 Å². The van der Waals surface area contributed by atoms with Gasteiger partial charge in [0, 0.05) is 6.42 Å². The number of rotatable bonds is 36. The molecule has 2 nitrogen and oxygen atoms in total. The van der Waals surface area contributed by atoms with Gasteiger partial charge in [0.1, 0.15) is 0 Å². The first-order valence-electron chi connectivity index (χ1n) is 20.0. The molecule has 0 aromatic heterocycles. The summed E-state index contributed by atoms with van der Waals surface area (Å²) in [6.45, 7) is 7.56. The summed E-state index contributed by atoms with van der Waals surface area (Å²) in [5.74, 6) is 0.902. The zero-order chi connectivity index (χ0) is 31.3. The number of hydrogen-bond acceptors (Lipinski definition) is 2. The molecule has 0 aliphatic rings. The van der Waals surface area contributed by atoms with Gasteiger partial charge >= 0.3 is 5.97 Å². The van der Waals surface area contributed by atoms with E-state index in [0.29, 0.717) is 13.0 Å². The smallest absolute Gasteiger partial charge is 0.305 e. The van der Waals surface area contributed by atoms with Crippen molar-refractivity contribution in [2.45, 2.75) is 233 Å². The SMILES string of the molecule is CCCCC=CCCCCCCCC(=O)OCCCCCCCCCCCCCCCCCCCCCCCCC(C)C. The predicted molar refractivity (Wildman–Crippen MR) is 193 cm³/mol. The maximum atomic E-state index is 11.9. The van der Waals surface area contributed by atoms with Crippen molar-refractivity contribution >= 4 is 5.97 Å². The molecule has 0 aliphatic heterocycles. The van der Waals surface area contributed by atoms with Crippen LogP contribution in [-0.2, 0) is 9.53 Å². The second-order valence-electron chi connectivity index (χ2n) is 14.1. The van der Waals surface area contributed by atoms with E-state index in [1.165, 1.54) is 186 Å². The van der Waals surface area contributed by atoms with E-state index >= 15 is 0 Å². The van der Waals surface area contributed by atoms with E-state index in [-0.39, 0.29) is 5.97 Å². The summed E-state index contributed by atoms with van der Waals surface area (Å²) in [5, 5.41) is 0. The Kier molecular flexibility index (Phi) is 36.7. The molecule has 0 spiro atoms. The van der Waals surface area contributed by atoms with Crippen molar-refractivity contribution in [3.05, 3.63) is 12.2 Å². The summed E-state index contributed by atoms with van der Waals surface area (Å²) in [6, 6.07) is 0. The zero-order valence-corrected chi connectivity index (χ0v) is 30.1. The molecular weight excluding hydrogens is 524 g/mol. The van der Waals surface area contributed by atoms with Gasteiger partial charge in [-0.25, -0.2) is 0 Å². The molecular formula is C41H80O2. The molecule has 0 aliphatic carbocycles. The second-order valence-corrected chi connectivity index (χ2v) is 14.1. The number of carbonyl (C=O) groups is 1. The Morgan fingerprint density at radius 2 is 0.814 bits per heavy atom. The van der Waals surface area contributed by atoms with Gasteiger partial charge in [0.25, 0.3) is 0 Å². The van der Waals surface area contributed by atoms with Gasteiger partial charge in [-0.2, -0.15) is 0 Å². The third kappa shape index (κ3) is 39.2. The average molecular weight is 605 g/mol. The first kappa shape index (κ1) is 42.2. The summed E-state index contributed by atoms with van der Waals surface area (Å²) >= 11 is 0. The molecule has 0 aromatic rings. The van der Waals surface area contributed by atoms with Crippen molar-refractivity contribution < 1.29 is 9.53 Å². The number of unbranched alkanes of at least 4 members (excludes halogenated alkanes) is 28. The van der Waals surface area contributed by atoms with Gasteiger partial charge in [-0.1, -0.05) is 206 Å². The molecule has 0 bridgehead atoms. The summed E-state index contributed by atoms with van der Waals surface area (Å²) in [5.41, 5.74) is 0. The van der Waals surface area contributed by atoms with Gasteiger partial charge in [0.2, 0.25) is 0 Å². The van der Waals surface area contributed by atoms with Crippen molar-refractivity contribution in [3.63, 3.8) is 0 Å². The van der Waals surface area contributed by atoms with Crippen molar-refractivity contribution in [2.24, 2.45) is 5.92 Å². The number of ether oxygens (including phenoxy) is 1. The first-order valence-corrected chi connectivity index (χ1v) is 20.0. The van der Waals surface area contributed by atoms with Crippen LogP contribution in [0.25, 0.3) is 0 Å². The fourth-order valence-corrected chi connectivity index (χ4v) is 6.07. The summed E-state index contributed by atoms with van der Waals surface area (Å²) in [4.78, 5) is 11.9. The van der Waals surface area contributed by atoms with Crippen molar-refractivity contribution in [1.82, 2.24) is 0 Å². The Morgan fingerprint density at radius 1 is 0.465 bits per heavy atom. The minimum atomic E-state index is 0.0164. The molecule has 0 N–H and O–H groups in total. The van der Waals surface area contributed by atoms with Crippen LogP contribution in [0.3, 0.4) is 0 Å². The third-order valence-corrected chi connectivity index (χ3v) is 9.08. The van der Waals surface area contributed by atoms with Crippen LogP contribution >= 0.6 is 0 Å². The van der Waals surface area contributed by atoms with Crippen molar-refractivity contribution in [1.29, 1.82) is 0 Å². The zero-order valence-electron chi connectivity index (χ0n) is 30.1. The van der Waals surface area contributed by atoms with E-state index in [4.69, 9.17) is 4.74 Å². The fourth-order valence-electron chi connectivity index (χ4n) is 6.07. The first-order chi connectivity index (χ1) is 21.2. The van der Waals surface area contributed by atoms with E-state index in [0.717, 1.165) is 25.2 Å². The number of esters is 1. The van der Waals surface area contributed by atoms with Crippen LogP contribution in [0.15, 0.2) is 12.2 Å². The van der Waals surface area contributed by atoms with Crippen LogP contribution in [0, 0.1) is 5.92 Å². The van der Waals surface area contributed by atoms with E-state index in [1.54, 1.807) is 0 Å². The molecule has 2 heteroatoms. The molecule has 0 saturated heterocycles. The largest absolute Gasteiger partial charge is 0.466 e. The predicted octanol–water partition coefficient (Wildman–Crippen LogP) is 14.6. The van der Waals surface area contributed by atoms with Gasteiger partial charge in [0.05, 0.1) is 6.61 Å². The molecule has 43 heavy (non-hydrogen) atoms. The molecule has 256 valence electrons. The third-order valence-electron chi connectivity index (χ3n) is 9.08. The molecule has 0 radical (unpaired) electrons. The maximum absolute atomic E-state index is 11.9. The Labute approximate surface area is 272 Å².